The summed E-state index contributed by atoms with van der Waals surface area (Å²) in [6.45, 7) is 1.29. The molecule has 0 unspecified atom stereocenters. The Morgan fingerprint density at radius 2 is 1.89 bits per heavy atom. The second-order valence-corrected chi connectivity index (χ2v) is 5.35. The molecule has 1 aliphatic rings. The molecule has 1 aromatic rings. The Morgan fingerprint density at radius 3 is 2.39 bits per heavy atom. The van der Waals surface area contributed by atoms with E-state index in [1.165, 1.54) is 5.56 Å². The molecule has 1 N–H and O–H groups in total. The van der Waals surface area contributed by atoms with Crippen LogP contribution in [-0.4, -0.2) is 24.3 Å². The van der Waals surface area contributed by atoms with E-state index in [-0.39, 0.29) is 11.8 Å². The summed E-state index contributed by atoms with van der Waals surface area (Å²) in [6, 6.07) is 8.24. The molecule has 0 radical (unpaired) electrons. The highest BCUT2D eigenvalue weighted by molar-refractivity contribution is 9.08. The topological polar surface area (TPSA) is 46.5 Å². The number of aliphatic carboxylic acids is 1. The summed E-state index contributed by atoms with van der Waals surface area (Å²) in [7, 11) is 0. The van der Waals surface area contributed by atoms with Crippen LogP contribution in [-0.2, 0) is 20.3 Å². The van der Waals surface area contributed by atoms with E-state index in [1.807, 2.05) is 0 Å². The summed E-state index contributed by atoms with van der Waals surface area (Å²) in [5, 5.41) is 9.97. The third kappa shape index (κ3) is 2.93. The number of hydrogen-bond acceptors (Lipinski definition) is 2. The van der Waals surface area contributed by atoms with Gasteiger partial charge in [0.05, 0.1) is 6.42 Å². The summed E-state index contributed by atoms with van der Waals surface area (Å²) in [4.78, 5) is 11.1. The average molecular weight is 313 g/mol. The van der Waals surface area contributed by atoms with E-state index >= 15 is 0 Å². The predicted molar refractivity (Wildman–Crippen MR) is 73.1 cm³/mol. The van der Waals surface area contributed by atoms with Crippen molar-refractivity contribution in [3.63, 3.8) is 0 Å². The van der Waals surface area contributed by atoms with Crippen molar-refractivity contribution in [3.05, 3.63) is 35.4 Å². The van der Waals surface area contributed by atoms with E-state index in [0.29, 0.717) is 13.2 Å². The van der Waals surface area contributed by atoms with Crippen LogP contribution in [0.1, 0.15) is 30.4 Å². The van der Waals surface area contributed by atoms with Gasteiger partial charge in [0.1, 0.15) is 0 Å². The lowest BCUT2D eigenvalue weighted by atomic mass is 9.71. The van der Waals surface area contributed by atoms with E-state index in [2.05, 4.69) is 40.2 Å². The fraction of sp³-hybridized carbons (Fsp3) is 0.500. The fourth-order valence-corrected chi connectivity index (χ4v) is 2.94. The minimum absolute atomic E-state index is 0.185. The van der Waals surface area contributed by atoms with E-state index in [0.717, 1.165) is 23.7 Å². The standard InChI is InChI=1S/C14H17BrO3/c15-10-11-1-3-12(4-2-11)14(9-13(16)17)5-7-18-8-6-14/h1-4H,5-10H2,(H,16,17). The van der Waals surface area contributed by atoms with E-state index in [9.17, 15) is 4.79 Å². The molecule has 2 rings (SSSR count). The lowest BCUT2D eigenvalue weighted by molar-refractivity contribution is -0.139. The second kappa shape index (κ2) is 5.85. The van der Waals surface area contributed by atoms with Crippen LogP contribution in [0.5, 0.6) is 0 Å². The van der Waals surface area contributed by atoms with E-state index < -0.39 is 5.97 Å². The normalized spacial score (nSPS) is 18.5. The van der Waals surface area contributed by atoms with Crippen molar-refractivity contribution in [2.24, 2.45) is 0 Å². The molecule has 0 aliphatic carbocycles. The SMILES string of the molecule is O=C(O)CC1(c2ccc(CBr)cc2)CCOCC1. The Bertz CT molecular complexity index is 408. The number of carboxylic acid groups (broad SMARTS) is 1. The maximum atomic E-state index is 11.1. The molecule has 0 bridgehead atoms. The van der Waals surface area contributed by atoms with Gasteiger partial charge in [-0.05, 0) is 24.0 Å². The summed E-state index contributed by atoms with van der Waals surface area (Å²) in [5.41, 5.74) is 2.07. The molecule has 98 valence electrons. The summed E-state index contributed by atoms with van der Waals surface area (Å²) >= 11 is 3.42. The maximum Gasteiger partial charge on any atom is 0.304 e. The van der Waals surface area contributed by atoms with Gasteiger partial charge in [-0.25, -0.2) is 0 Å². The smallest absolute Gasteiger partial charge is 0.304 e. The zero-order valence-electron chi connectivity index (χ0n) is 10.2. The van der Waals surface area contributed by atoms with E-state index in [1.54, 1.807) is 0 Å². The number of carboxylic acids is 1. The third-order valence-corrected chi connectivity index (χ3v) is 4.31. The van der Waals surface area contributed by atoms with Crippen LogP contribution < -0.4 is 0 Å². The number of benzene rings is 1. The van der Waals surface area contributed by atoms with Crippen molar-refractivity contribution in [2.75, 3.05) is 13.2 Å². The first-order valence-corrected chi connectivity index (χ1v) is 7.23. The number of halogens is 1. The molecule has 0 saturated carbocycles. The minimum atomic E-state index is -0.735. The van der Waals surface area contributed by atoms with Crippen LogP contribution in [0.3, 0.4) is 0 Å². The van der Waals surface area contributed by atoms with Crippen LogP contribution in [0.15, 0.2) is 24.3 Å². The van der Waals surface area contributed by atoms with Gasteiger partial charge < -0.3 is 9.84 Å². The van der Waals surface area contributed by atoms with Crippen LogP contribution >= 0.6 is 15.9 Å². The fourth-order valence-electron chi connectivity index (χ4n) is 2.57. The number of rotatable bonds is 4. The van der Waals surface area contributed by atoms with Gasteiger partial charge in [0.25, 0.3) is 0 Å². The molecule has 4 heteroatoms. The predicted octanol–water partition coefficient (Wildman–Crippen LogP) is 3.10. The Morgan fingerprint density at radius 1 is 1.28 bits per heavy atom. The van der Waals surface area contributed by atoms with Gasteiger partial charge in [0.15, 0.2) is 0 Å². The van der Waals surface area contributed by atoms with Gasteiger partial charge in [-0.3, -0.25) is 4.79 Å². The van der Waals surface area contributed by atoms with Crippen LogP contribution in [0.25, 0.3) is 0 Å². The maximum absolute atomic E-state index is 11.1. The number of carbonyl (C=O) groups is 1. The Kier molecular flexibility index (Phi) is 4.40. The molecule has 18 heavy (non-hydrogen) atoms. The van der Waals surface area contributed by atoms with Gasteiger partial charge in [-0.2, -0.15) is 0 Å². The molecule has 0 spiro atoms. The first-order valence-electron chi connectivity index (χ1n) is 6.11. The third-order valence-electron chi connectivity index (χ3n) is 3.66. The molecular formula is C14H17BrO3. The molecule has 1 heterocycles. The molecule has 1 aromatic carbocycles. The molecule has 0 atom stereocenters. The van der Waals surface area contributed by atoms with Crippen LogP contribution in [0.2, 0.25) is 0 Å². The molecule has 1 aliphatic heterocycles. The number of ether oxygens (including phenoxy) is 1. The highest BCUT2D eigenvalue weighted by Gasteiger charge is 2.36. The molecule has 1 fully saturated rings. The number of hydrogen-bond donors (Lipinski definition) is 1. The summed E-state index contributed by atoms with van der Waals surface area (Å²) in [5.74, 6) is -0.735. The summed E-state index contributed by atoms with van der Waals surface area (Å²) in [6.07, 6.45) is 1.75. The number of alkyl halides is 1. The Labute approximate surface area is 115 Å². The highest BCUT2D eigenvalue weighted by Crippen LogP contribution is 2.38. The molecule has 3 nitrogen and oxygen atoms in total. The van der Waals surface area contributed by atoms with E-state index in [4.69, 9.17) is 9.84 Å². The van der Waals surface area contributed by atoms with Crippen molar-refractivity contribution in [3.8, 4) is 0 Å². The highest BCUT2D eigenvalue weighted by atomic mass is 79.9. The molecular weight excluding hydrogens is 296 g/mol. The Hall–Kier alpha value is -0.870. The average Bonchev–Trinajstić information content (AvgIpc) is 2.39. The van der Waals surface area contributed by atoms with Crippen molar-refractivity contribution < 1.29 is 14.6 Å². The molecule has 0 aromatic heterocycles. The van der Waals surface area contributed by atoms with Gasteiger partial charge in [0.2, 0.25) is 0 Å². The minimum Gasteiger partial charge on any atom is -0.481 e. The van der Waals surface area contributed by atoms with Crippen molar-refractivity contribution in [2.45, 2.75) is 30.0 Å². The van der Waals surface area contributed by atoms with Crippen LogP contribution in [0.4, 0.5) is 0 Å². The van der Waals surface area contributed by atoms with Crippen LogP contribution in [0, 0.1) is 0 Å². The first kappa shape index (κ1) is 13.6. The van der Waals surface area contributed by atoms with Crippen molar-refractivity contribution in [1.82, 2.24) is 0 Å². The molecule has 1 saturated heterocycles. The quantitative estimate of drug-likeness (QED) is 0.869. The zero-order valence-corrected chi connectivity index (χ0v) is 11.8. The monoisotopic (exact) mass is 312 g/mol. The van der Waals surface area contributed by atoms with Crippen molar-refractivity contribution in [1.29, 1.82) is 0 Å². The van der Waals surface area contributed by atoms with Gasteiger partial charge >= 0.3 is 5.97 Å². The van der Waals surface area contributed by atoms with Gasteiger partial charge in [0, 0.05) is 24.0 Å². The second-order valence-electron chi connectivity index (χ2n) is 4.79. The first-order chi connectivity index (χ1) is 8.66. The Balaban J connectivity index is 2.29. The summed E-state index contributed by atoms with van der Waals surface area (Å²) < 4.78 is 5.37. The zero-order chi connectivity index (χ0) is 13.0. The molecule has 0 amide bonds. The van der Waals surface area contributed by atoms with Gasteiger partial charge in [-0.1, -0.05) is 40.2 Å². The van der Waals surface area contributed by atoms with Gasteiger partial charge in [-0.15, -0.1) is 0 Å². The lowest BCUT2D eigenvalue weighted by Crippen LogP contribution is -2.36. The van der Waals surface area contributed by atoms with Crippen molar-refractivity contribution >= 4 is 21.9 Å². The largest absolute Gasteiger partial charge is 0.481 e. The lowest BCUT2D eigenvalue weighted by Gasteiger charge is -2.36.